The maximum atomic E-state index is 10.8. The summed E-state index contributed by atoms with van der Waals surface area (Å²) >= 11 is 0. The Kier molecular flexibility index (Phi) is 5.61. The first-order chi connectivity index (χ1) is 6.47. The average molecular weight is 194 g/mol. The van der Waals surface area contributed by atoms with Crippen LogP contribution in [0.25, 0.3) is 0 Å². The van der Waals surface area contributed by atoms with E-state index in [9.17, 15) is 4.79 Å². The van der Waals surface area contributed by atoms with Crippen LogP contribution < -0.4 is 0 Å². The molecule has 0 aromatic rings. The fraction of sp³-hybridized carbons (Fsp3) is 0.417. The van der Waals surface area contributed by atoms with Crippen LogP contribution in [0, 0.1) is 0 Å². The van der Waals surface area contributed by atoms with Gasteiger partial charge in [-0.05, 0) is 19.4 Å². The van der Waals surface area contributed by atoms with Crippen LogP contribution in [-0.4, -0.2) is 12.1 Å². The topological polar surface area (TPSA) is 26.3 Å². The molecule has 0 radical (unpaired) electrons. The molecule has 0 bridgehead atoms. The lowest BCUT2D eigenvalue weighted by atomic mass is 10.1. The van der Waals surface area contributed by atoms with Gasteiger partial charge in [-0.25, -0.2) is 0 Å². The van der Waals surface area contributed by atoms with Gasteiger partial charge in [-0.2, -0.15) is 0 Å². The van der Waals surface area contributed by atoms with E-state index in [1.54, 1.807) is 6.08 Å². The van der Waals surface area contributed by atoms with Crippen molar-refractivity contribution in [2.24, 2.45) is 0 Å². The van der Waals surface area contributed by atoms with Crippen molar-refractivity contribution in [3.05, 3.63) is 36.5 Å². The van der Waals surface area contributed by atoms with Crippen molar-refractivity contribution in [1.82, 2.24) is 0 Å². The van der Waals surface area contributed by atoms with Gasteiger partial charge >= 0.3 is 5.97 Å². The standard InChI is InChI=1S/C12H18O2/c1-6-10(4)7-8-12(9(2)3)14-11(5)13/h6-7,12H,1-2,8H2,3-5H3/b10-7-/t12-/m0/s1. The number of hydrogen-bond donors (Lipinski definition) is 0. The number of ether oxygens (including phenoxy) is 1. The van der Waals surface area contributed by atoms with E-state index in [0.29, 0.717) is 6.42 Å². The summed E-state index contributed by atoms with van der Waals surface area (Å²) in [5.41, 5.74) is 1.93. The molecule has 2 nitrogen and oxygen atoms in total. The minimum Gasteiger partial charge on any atom is -0.458 e. The third-order valence-corrected chi connectivity index (χ3v) is 1.83. The van der Waals surface area contributed by atoms with Crippen LogP contribution in [0.1, 0.15) is 27.2 Å². The van der Waals surface area contributed by atoms with E-state index >= 15 is 0 Å². The summed E-state index contributed by atoms with van der Waals surface area (Å²) in [6.45, 7) is 12.6. The highest BCUT2D eigenvalue weighted by molar-refractivity contribution is 5.66. The predicted molar refractivity (Wildman–Crippen MR) is 58.9 cm³/mol. The molecule has 0 saturated carbocycles. The Labute approximate surface area is 86.0 Å². The third kappa shape index (κ3) is 5.36. The zero-order valence-electron chi connectivity index (χ0n) is 9.17. The van der Waals surface area contributed by atoms with E-state index in [1.807, 2.05) is 19.9 Å². The Bertz CT molecular complexity index is 261. The van der Waals surface area contributed by atoms with Crippen LogP contribution >= 0.6 is 0 Å². The van der Waals surface area contributed by atoms with Gasteiger partial charge in [-0.3, -0.25) is 4.79 Å². The smallest absolute Gasteiger partial charge is 0.303 e. The molecule has 78 valence electrons. The van der Waals surface area contributed by atoms with E-state index in [0.717, 1.165) is 11.1 Å². The van der Waals surface area contributed by atoms with Crippen molar-refractivity contribution < 1.29 is 9.53 Å². The van der Waals surface area contributed by atoms with E-state index in [2.05, 4.69) is 13.2 Å². The summed E-state index contributed by atoms with van der Waals surface area (Å²) in [5, 5.41) is 0. The summed E-state index contributed by atoms with van der Waals surface area (Å²) in [7, 11) is 0. The van der Waals surface area contributed by atoms with Crippen LogP contribution in [-0.2, 0) is 9.53 Å². The molecular formula is C12H18O2. The van der Waals surface area contributed by atoms with E-state index in [-0.39, 0.29) is 12.1 Å². The molecule has 0 spiro atoms. The van der Waals surface area contributed by atoms with Gasteiger partial charge in [0.25, 0.3) is 0 Å². The molecule has 1 atom stereocenters. The number of carbonyl (C=O) groups is 1. The first-order valence-corrected chi connectivity index (χ1v) is 4.59. The Hall–Kier alpha value is -1.31. The normalized spacial score (nSPS) is 13.2. The molecule has 0 aliphatic carbocycles. The molecule has 0 amide bonds. The Morgan fingerprint density at radius 1 is 1.43 bits per heavy atom. The van der Waals surface area contributed by atoms with Gasteiger partial charge in [0, 0.05) is 13.3 Å². The molecule has 0 unspecified atom stereocenters. The lowest BCUT2D eigenvalue weighted by molar-refractivity contribution is -0.144. The molecule has 0 rings (SSSR count). The summed E-state index contributed by atoms with van der Waals surface area (Å²) in [6.07, 6.45) is 4.19. The van der Waals surface area contributed by atoms with Crippen molar-refractivity contribution >= 4 is 5.97 Å². The van der Waals surface area contributed by atoms with Crippen LogP contribution in [0.15, 0.2) is 36.5 Å². The van der Waals surface area contributed by atoms with Crippen molar-refractivity contribution in [3.8, 4) is 0 Å². The molecule has 14 heavy (non-hydrogen) atoms. The van der Waals surface area contributed by atoms with E-state index < -0.39 is 0 Å². The maximum absolute atomic E-state index is 10.8. The monoisotopic (exact) mass is 194 g/mol. The largest absolute Gasteiger partial charge is 0.458 e. The van der Waals surface area contributed by atoms with Gasteiger partial charge in [0.2, 0.25) is 0 Å². The van der Waals surface area contributed by atoms with Gasteiger partial charge in [-0.15, -0.1) is 0 Å². The average Bonchev–Trinajstić information content (AvgIpc) is 2.10. The predicted octanol–water partition coefficient (Wildman–Crippen LogP) is 3.02. The Morgan fingerprint density at radius 2 is 2.00 bits per heavy atom. The number of rotatable bonds is 5. The van der Waals surface area contributed by atoms with Crippen LogP contribution in [0.2, 0.25) is 0 Å². The highest BCUT2D eigenvalue weighted by Crippen LogP contribution is 2.11. The first-order valence-electron chi connectivity index (χ1n) is 4.59. The molecule has 0 heterocycles. The number of esters is 1. The lowest BCUT2D eigenvalue weighted by Gasteiger charge is -2.15. The molecule has 0 aromatic carbocycles. The molecule has 2 heteroatoms. The van der Waals surface area contributed by atoms with Crippen molar-refractivity contribution in [2.75, 3.05) is 0 Å². The lowest BCUT2D eigenvalue weighted by Crippen LogP contribution is -2.16. The Morgan fingerprint density at radius 3 is 2.36 bits per heavy atom. The van der Waals surface area contributed by atoms with Crippen molar-refractivity contribution in [2.45, 2.75) is 33.3 Å². The quantitative estimate of drug-likeness (QED) is 0.382. The van der Waals surface area contributed by atoms with Gasteiger partial charge in [0.15, 0.2) is 0 Å². The molecule has 0 aliphatic heterocycles. The molecule has 0 N–H and O–H groups in total. The molecule has 0 saturated heterocycles. The highest BCUT2D eigenvalue weighted by Gasteiger charge is 2.10. The fourth-order valence-corrected chi connectivity index (χ4v) is 0.926. The minimum absolute atomic E-state index is 0.220. The Balaban J connectivity index is 4.31. The van der Waals surface area contributed by atoms with Crippen molar-refractivity contribution in [3.63, 3.8) is 0 Å². The highest BCUT2D eigenvalue weighted by atomic mass is 16.5. The second-order valence-electron chi connectivity index (χ2n) is 3.33. The number of allylic oxidation sites excluding steroid dienone is 2. The molecular weight excluding hydrogens is 176 g/mol. The summed E-state index contributed by atoms with van der Waals surface area (Å²) in [5.74, 6) is -0.275. The molecule has 0 fully saturated rings. The van der Waals surface area contributed by atoms with Gasteiger partial charge in [0.05, 0.1) is 0 Å². The van der Waals surface area contributed by atoms with Gasteiger partial charge in [-0.1, -0.05) is 30.9 Å². The second kappa shape index (κ2) is 6.19. The minimum atomic E-state index is -0.275. The zero-order chi connectivity index (χ0) is 11.1. The molecule has 0 aliphatic rings. The van der Waals surface area contributed by atoms with Crippen LogP contribution in [0.3, 0.4) is 0 Å². The summed E-state index contributed by atoms with van der Waals surface area (Å²) < 4.78 is 5.09. The number of hydrogen-bond acceptors (Lipinski definition) is 2. The van der Waals surface area contributed by atoms with Gasteiger partial charge < -0.3 is 4.74 Å². The summed E-state index contributed by atoms with van der Waals surface area (Å²) in [6, 6.07) is 0. The van der Waals surface area contributed by atoms with E-state index in [1.165, 1.54) is 6.92 Å². The van der Waals surface area contributed by atoms with Gasteiger partial charge in [0.1, 0.15) is 6.10 Å². The summed E-state index contributed by atoms with van der Waals surface area (Å²) in [4.78, 5) is 10.8. The SMILES string of the molecule is C=C/C(C)=C\C[C@H](OC(C)=O)C(=C)C. The van der Waals surface area contributed by atoms with Crippen LogP contribution in [0.4, 0.5) is 0 Å². The maximum Gasteiger partial charge on any atom is 0.303 e. The van der Waals surface area contributed by atoms with Crippen molar-refractivity contribution in [1.29, 1.82) is 0 Å². The fourth-order valence-electron chi connectivity index (χ4n) is 0.926. The first kappa shape index (κ1) is 12.7. The van der Waals surface area contributed by atoms with Crippen LogP contribution in [0.5, 0.6) is 0 Å². The second-order valence-corrected chi connectivity index (χ2v) is 3.33. The third-order valence-electron chi connectivity index (χ3n) is 1.83. The van der Waals surface area contributed by atoms with E-state index in [4.69, 9.17) is 4.74 Å². The molecule has 0 aromatic heterocycles. The number of carbonyl (C=O) groups excluding carboxylic acids is 1. The zero-order valence-corrected chi connectivity index (χ0v) is 9.17.